The molecule has 0 N–H and O–H groups in total. The van der Waals surface area contributed by atoms with Gasteiger partial charge in [-0.2, -0.15) is 13.2 Å². The molecule has 0 spiro atoms. The molecule has 1 saturated heterocycles. The molecular weight excluding hydrogens is 434 g/mol. The molecule has 1 fully saturated rings. The molecule has 0 bridgehead atoms. The molecule has 0 radical (unpaired) electrons. The van der Waals surface area contributed by atoms with Gasteiger partial charge in [0.25, 0.3) is 5.91 Å². The fourth-order valence-electron chi connectivity index (χ4n) is 3.34. The van der Waals surface area contributed by atoms with Crippen LogP contribution in [0.4, 0.5) is 28.3 Å². The average Bonchev–Trinajstić information content (AvgIpc) is 2.72. The van der Waals surface area contributed by atoms with Crippen molar-refractivity contribution < 1.29 is 31.9 Å². The smallest absolute Gasteiger partial charge is 0.419 e. The van der Waals surface area contributed by atoms with Gasteiger partial charge in [0, 0.05) is 51.5 Å². The van der Waals surface area contributed by atoms with Crippen LogP contribution in [0.5, 0.6) is 0 Å². The summed E-state index contributed by atoms with van der Waals surface area (Å²) in [5.74, 6) is -0.934. The number of nitrogens with zero attached hydrogens (tertiary/aromatic N) is 5. The number of alkyl halides is 3. The number of carbonyl (C=O) groups is 2. The van der Waals surface area contributed by atoms with Gasteiger partial charge in [-0.25, -0.2) is 19.2 Å². The van der Waals surface area contributed by atoms with E-state index in [1.807, 2.05) is 0 Å². The molecule has 176 valence electrons. The second-order valence-corrected chi connectivity index (χ2v) is 8.58. The van der Waals surface area contributed by atoms with Gasteiger partial charge in [-0.15, -0.1) is 0 Å². The van der Waals surface area contributed by atoms with E-state index in [1.165, 1.54) is 9.80 Å². The van der Waals surface area contributed by atoms with Gasteiger partial charge in [0.1, 0.15) is 11.4 Å². The summed E-state index contributed by atoms with van der Waals surface area (Å²) in [6, 6.07) is 0. The largest absolute Gasteiger partial charge is 0.444 e. The number of hydrogen-bond acceptors (Lipinski definition) is 6. The molecule has 0 saturated carbocycles. The lowest BCUT2D eigenvalue weighted by Crippen LogP contribution is -2.51. The molecule has 0 atom stereocenters. The lowest BCUT2D eigenvalue weighted by Gasteiger charge is -2.36. The number of hydrogen-bond donors (Lipinski definition) is 0. The van der Waals surface area contributed by atoms with E-state index in [-0.39, 0.29) is 57.2 Å². The first kappa shape index (κ1) is 23.7. The van der Waals surface area contributed by atoms with Crippen LogP contribution >= 0.6 is 0 Å². The van der Waals surface area contributed by atoms with Crippen LogP contribution in [0.3, 0.4) is 0 Å². The van der Waals surface area contributed by atoms with Crippen LogP contribution in [-0.2, 0) is 15.7 Å². The molecule has 12 heteroatoms. The Morgan fingerprint density at radius 3 is 2.09 bits per heavy atom. The predicted molar refractivity (Wildman–Crippen MR) is 106 cm³/mol. The fourth-order valence-corrected chi connectivity index (χ4v) is 3.34. The van der Waals surface area contributed by atoms with E-state index < -0.39 is 35.2 Å². The zero-order chi connectivity index (χ0) is 23.7. The first-order valence-corrected chi connectivity index (χ1v) is 10.1. The van der Waals surface area contributed by atoms with Crippen molar-refractivity contribution in [3.63, 3.8) is 0 Å². The van der Waals surface area contributed by atoms with Crippen molar-refractivity contribution in [2.75, 3.05) is 44.2 Å². The fraction of sp³-hybridized carbons (Fsp3) is 0.600. The molecule has 3 rings (SSSR count). The maximum Gasteiger partial charge on any atom is 0.419 e. The maximum absolute atomic E-state index is 14.4. The van der Waals surface area contributed by atoms with Crippen LogP contribution in [0.15, 0.2) is 23.8 Å². The quantitative estimate of drug-likeness (QED) is 0.633. The molecule has 0 aromatic carbocycles. The normalized spacial score (nSPS) is 18.2. The van der Waals surface area contributed by atoms with Crippen LogP contribution in [0, 0.1) is 0 Å². The molecular formula is C20H25F4N5O3. The third-order valence-corrected chi connectivity index (χ3v) is 5.00. The van der Waals surface area contributed by atoms with Crippen molar-refractivity contribution in [2.24, 2.45) is 0 Å². The highest BCUT2D eigenvalue weighted by Gasteiger charge is 2.34. The van der Waals surface area contributed by atoms with Gasteiger partial charge in [0.05, 0.1) is 17.7 Å². The van der Waals surface area contributed by atoms with E-state index >= 15 is 0 Å². The summed E-state index contributed by atoms with van der Waals surface area (Å²) in [4.78, 5) is 37.1. The van der Waals surface area contributed by atoms with Gasteiger partial charge in [-0.1, -0.05) is 0 Å². The zero-order valence-corrected chi connectivity index (χ0v) is 18.1. The Labute approximate surface area is 182 Å². The molecule has 8 nitrogen and oxygen atoms in total. The summed E-state index contributed by atoms with van der Waals surface area (Å²) in [6.07, 6.45) is -3.77. The Hall–Kier alpha value is -2.92. The van der Waals surface area contributed by atoms with E-state index in [4.69, 9.17) is 4.74 Å². The van der Waals surface area contributed by atoms with Gasteiger partial charge in [0.15, 0.2) is 0 Å². The molecule has 0 aliphatic carbocycles. The number of carbonyl (C=O) groups excluding carboxylic acids is 2. The van der Waals surface area contributed by atoms with E-state index in [0.29, 0.717) is 12.4 Å². The van der Waals surface area contributed by atoms with Crippen molar-refractivity contribution in [3.05, 3.63) is 29.4 Å². The summed E-state index contributed by atoms with van der Waals surface area (Å²) in [5, 5.41) is 0. The number of aromatic nitrogens is 2. The van der Waals surface area contributed by atoms with Gasteiger partial charge in [-0.3, -0.25) is 4.79 Å². The Balaban J connectivity index is 1.60. The summed E-state index contributed by atoms with van der Waals surface area (Å²) >= 11 is 0. The van der Waals surface area contributed by atoms with Crippen molar-refractivity contribution in [3.8, 4) is 0 Å². The maximum atomic E-state index is 14.4. The second-order valence-electron chi connectivity index (χ2n) is 8.58. The van der Waals surface area contributed by atoms with E-state index in [1.54, 1.807) is 25.7 Å². The van der Waals surface area contributed by atoms with Gasteiger partial charge >= 0.3 is 12.3 Å². The topological polar surface area (TPSA) is 78.9 Å². The van der Waals surface area contributed by atoms with Gasteiger partial charge in [0.2, 0.25) is 5.95 Å². The van der Waals surface area contributed by atoms with Crippen LogP contribution < -0.4 is 4.90 Å². The van der Waals surface area contributed by atoms with Crippen LogP contribution in [-0.4, -0.2) is 76.6 Å². The van der Waals surface area contributed by atoms with E-state index in [2.05, 4.69) is 9.97 Å². The van der Waals surface area contributed by atoms with Crippen molar-refractivity contribution in [2.45, 2.75) is 39.0 Å². The second kappa shape index (κ2) is 8.91. The molecule has 1 aromatic rings. The number of halogens is 4. The molecule has 0 unspecified atom stereocenters. The monoisotopic (exact) mass is 459 g/mol. The van der Waals surface area contributed by atoms with Crippen molar-refractivity contribution >= 4 is 17.9 Å². The van der Waals surface area contributed by atoms with Gasteiger partial charge < -0.3 is 19.4 Å². The summed E-state index contributed by atoms with van der Waals surface area (Å²) in [7, 11) is 0. The lowest BCUT2D eigenvalue weighted by atomic mass is 10.1. The van der Waals surface area contributed by atoms with E-state index in [9.17, 15) is 27.2 Å². The minimum absolute atomic E-state index is 0.0698. The summed E-state index contributed by atoms with van der Waals surface area (Å²) in [6.45, 7) is 6.09. The van der Waals surface area contributed by atoms with Crippen molar-refractivity contribution in [1.82, 2.24) is 19.8 Å². The Morgan fingerprint density at radius 2 is 1.56 bits per heavy atom. The predicted octanol–water partition coefficient (Wildman–Crippen LogP) is 3.01. The Kier molecular flexibility index (Phi) is 6.61. The lowest BCUT2D eigenvalue weighted by molar-refractivity contribution is -0.138. The van der Waals surface area contributed by atoms with Crippen LogP contribution in [0.25, 0.3) is 0 Å². The third-order valence-electron chi connectivity index (χ3n) is 5.00. The minimum Gasteiger partial charge on any atom is -0.444 e. The number of rotatable bonds is 2. The highest BCUT2D eigenvalue weighted by molar-refractivity contribution is 5.95. The highest BCUT2D eigenvalue weighted by Crippen LogP contribution is 2.29. The Morgan fingerprint density at radius 1 is 0.969 bits per heavy atom. The minimum atomic E-state index is -4.52. The van der Waals surface area contributed by atoms with E-state index in [0.717, 1.165) is 0 Å². The number of anilines is 1. The SMILES string of the molecule is CC(C)(C)OC(=O)N1CCC(F)=C(C(=O)N2CCN(c3ncc(C(F)(F)F)cn3)CC2)C1. The zero-order valence-electron chi connectivity index (χ0n) is 18.1. The highest BCUT2D eigenvalue weighted by atomic mass is 19.4. The first-order valence-electron chi connectivity index (χ1n) is 10.1. The molecule has 2 amide bonds. The molecule has 2 aliphatic rings. The average molecular weight is 459 g/mol. The number of ether oxygens (including phenoxy) is 1. The van der Waals surface area contributed by atoms with Gasteiger partial charge in [-0.05, 0) is 20.8 Å². The number of piperazine rings is 1. The standard InChI is InChI=1S/C20H25F4N5O3/c1-19(2,3)32-18(31)29-5-4-15(21)14(12-29)16(30)27-6-8-28(9-7-27)17-25-10-13(11-26-17)20(22,23)24/h10-11H,4-9,12H2,1-3H3. The number of amides is 2. The first-order chi connectivity index (χ1) is 14.8. The molecule has 32 heavy (non-hydrogen) atoms. The Bertz CT molecular complexity index is 888. The van der Waals surface area contributed by atoms with Crippen molar-refractivity contribution in [1.29, 1.82) is 0 Å². The molecule has 3 heterocycles. The van der Waals surface area contributed by atoms with Crippen LogP contribution in [0.2, 0.25) is 0 Å². The van der Waals surface area contributed by atoms with Crippen LogP contribution in [0.1, 0.15) is 32.8 Å². The summed E-state index contributed by atoms with van der Waals surface area (Å²) in [5.41, 5.74) is -1.73. The third kappa shape index (κ3) is 5.65. The molecule has 1 aromatic heterocycles. The summed E-state index contributed by atoms with van der Waals surface area (Å²) < 4.78 is 57.7. The molecule has 2 aliphatic heterocycles.